The quantitative estimate of drug-likeness (QED) is 0.823. The lowest BCUT2D eigenvalue weighted by atomic mass is 10.3. The van der Waals surface area contributed by atoms with E-state index in [2.05, 4.69) is 21.9 Å². The van der Waals surface area contributed by atoms with Gasteiger partial charge in [0.2, 0.25) is 0 Å². The molecule has 6 heteroatoms. The Morgan fingerprint density at radius 3 is 3.11 bits per heavy atom. The summed E-state index contributed by atoms with van der Waals surface area (Å²) in [6.07, 6.45) is 5.43. The highest BCUT2D eigenvalue weighted by Crippen LogP contribution is 2.15. The van der Waals surface area contributed by atoms with Crippen molar-refractivity contribution in [2.24, 2.45) is 0 Å². The molecule has 1 fully saturated rings. The van der Waals surface area contributed by atoms with Gasteiger partial charge in [-0.3, -0.25) is 4.98 Å². The molecule has 0 bridgehead atoms. The lowest BCUT2D eigenvalue weighted by Gasteiger charge is -2.16. The summed E-state index contributed by atoms with van der Waals surface area (Å²) in [4.78, 5) is 21.4. The Hall–Kier alpha value is -2.11. The summed E-state index contributed by atoms with van der Waals surface area (Å²) in [6, 6.07) is 0.180. The van der Waals surface area contributed by atoms with E-state index in [9.17, 15) is 4.79 Å². The molecule has 18 heavy (non-hydrogen) atoms. The third kappa shape index (κ3) is 3.19. The summed E-state index contributed by atoms with van der Waals surface area (Å²) >= 11 is 0. The Morgan fingerprint density at radius 2 is 2.44 bits per heavy atom. The van der Waals surface area contributed by atoms with Crippen LogP contribution in [0.25, 0.3) is 0 Å². The number of hydrogen-bond donors (Lipinski definition) is 1. The minimum Gasteiger partial charge on any atom is -0.416 e. The van der Waals surface area contributed by atoms with Gasteiger partial charge in [0.15, 0.2) is 0 Å². The summed E-state index contributed by atoms with van der Waals surface area (Å²) in [5, 5.41) is 3.23. The number of anilines is 1. The molecule has 1 aliphatic rings. The van der Waals surface area contributed by atoms with Crippen molar-refractivity contribution in [3.05, 3.63) is 30.9 Å². The second-order valence-electron chi connectivity index (χ2n) is 4.24. The highest BCUT2D eigenvalue weighted by atomic mass is 16.6. The van der Waals surface area contributed by atoms with Gasteiger partial charge in [0.1, 0.15) is 5.82 Å². The highest BCUT2D eigenvalue weighted by Gasteiger charge is 2.27. The third-order valence-corrected chi connectivity index (χ3v) is 2.62. The third-order valence-electron chi connectivity index (χ3n) is 2.62. The lowest BCUT2D eigenvalue weighted by Crippen LogP contribution is -2.31. The number of likely N-dealkylation sites (tertiary alicyclic amines) is 1. The van der Waals surface area contributed by atoms with Gasteiger partial charge in [0.25, 0.3) is 0 Å². The van der Waals surface area contributed by atoms with Crippen LogP contribution in [0.15, 0.2) is 30.9 Å². The number of aromatic nitrogens is 2. The minimum atomic E-state index is -0.342. The maximum atomic E-state index is 11.6. The first-order chi connectivity index (χ1) is 8.65. The Balaban J connectivity index is 1.85. The maximum absolute atomic E-state index is 11.6. The van der Waals surface area contributed by atoms with Crippen LogP contribution in [0, 0.1) is 0 Å². The molecular formula is C12H16N4O2. The fraction of sp³-hybridized carbons (Fsp3) is 0.417. The van der Waals surface area contributed by atoms with Crippen LogP contribution in [-0.2, 0) is 4.74 Å². The van der Waals surface area contributed by atoms with E-state index in [1.807, 2.05) is 0 Å². The van der Waals surface area contributed by atoms with Gasteiger partial charge in [-0.15, -0.1) is 0 Å². The Labute approximate surface area is 106 Å². The van der Waals surface area contributed by atoms with Crippen molar-refractivity contribution >= 4 is 11.9 Å². The Morgan fingerprint density at radius 1 is 1.61 bits per heavy atom. The second-order valence-corrected chi connectivity index (χ2v) is 4.24. The predicted octanol–water partition coefficient (Wildman–Crippen LogP) is 1.63. The van der Waals surface area contributed by atoms with E-state index >= 15 is 0 Å². The lowest BCUT2D eigenvalue weighted by molar-refractivity contribution is 0.138. The summed E-state index contributed by atoms with van der Waals surface area (Å²) in [5.41, 5.74) is 0. The molecule has 1 aromatic heterocycles. The van der Waals surface area contributed by atoms with Crippen molar-refractivity contribution in [2.45, 2.75) is 19.4 Å². The topological polar surface area (TPSA) is 67.3 Å². The van der Waals surface area contributed by atoms with E-state index in [-0.39, 0.29) is 12.1 Å². The molecule has 96 valence electrons. The van der Waals surface area contributed by atoms with Crippen LogP contribution < -0.4 is 5.32 Å². The average Bonchev–Trinajstić information content (AvgIpc) is 2.78. The van der Waals surface area contributed by atoms with Gasteiger partial charge in [-0.2, -0.15) is 0 Å². The smallest absolute Gasteiger partial charge is 0.414 e. The van der Waals surface area contributed by atoms with E-state index in [1.165, 1.54) is 0 Å². The Bertz CT molecular complexity index is 435. The number of allylic oxidation sites excluding steroid dienone is 1. The molecule has 2 heterocycles. The van der Waals surface area contributed by atoms with Gasteiger partial charge >= 0.3 is 6.09 Å². The first-order valence-corrected chi connectivity index (χ1v) is 5.80. The molecular weight excluding hydrogens is 232 g/mol. The standard InChI is InChI=1S/C12H16N4O2/c1-9(2)18-12(17)16-6-3-10(8-16)15-11-7-13-4-5-14-11/h4-5,7,10H,1,3,6,8H2,2H3,(H,14,15)/t10-/m0/s1. The monoisotopic (exact) mass is 248 g/mol. The molecule has 1 saturated heterocycles. The van der Waals surface area contributed by atoms with E-state index in [0.29, 0.717) is 18.8 Å². The molecule has 0 aliphatic carbocycles. The van der Waals surface area contributed by atoms with Crippen LogP contribution in [0.3, 0.4) is 0 Å². The summed E-state index contributed by atoms with van der Waals surface area (Å²) in [6.45, 7) is 6.48. The van der Waals surface area contributed by atoms with Crippen molar-refractivity contribution in [1.29, 1.82) is 0 Å². The molecule has 0 unspecified atom stereocenters. The van der Waals surface area contributed by atoms with E-state index < -0.39 is 0 Å². The van der Waals surface area contributed by atoms with Crippen LogP contribution in [0.2, 0.25) is 0 Å². The number of rotatable bonds is 3. The van der Waals surface area contributed by atoms with Crippen molar-refractivity contribution < 1.29 is 9.53 Å². The molecule has 0 radical (unpaired) electrons. The second kappa shape index (κ2) is 5.48. The van der Waals surface area contributed by atoms with Gasteiger partial charge in [-0.25, -0.2) is 9.78 Å². The number of nitrogens with zero attached hydrogens (tertiary/aromatic N) is 3. The fourth-order valence-electron chi connectivity index (χ4n) is 1.84. The molecule has 0 aromatic carbocycles. The molecule has 2 rings (SSSR count). The van der Waals surface area contributed by atoms with Gasteiger partial charge in [-0.05, 0) is 13.3 Å². The molecule has 1 amide bonds. The molecule has 1 aromatic rings. The maximum Gasteiger partial charge on any atom is 0.414 e. The zero-order chi connectivity index (χ0) is 13.0. The minimum absolute atomic E-state index is 0.180. The summed E-state index contributed by atoms with van der Waals surface area (Å²) < 4.78 is 4.97. The van der Waals surface area contributed by atoms with Gasteiger partial charge < -0.3 is 15.0 Å². The number of nitrogens with one attached hydrogen (secondary N) is 1. The molecule has 0 spiro atoms. The highest BCUT2D eigenvalue weighted by molar-refractivity contribution is 5.69. The van der Waals surface area contributed by atoms with Crippen LogP contribution in [0.1, 0.15) is 13.3 Å². The number of amides is 1. The number of carbonyl (C=O) groups is 1. The average molecular weight is 248 g/mol. The molecule has 1 atom stereocenters. The van der Waals surface area contributed by atoms with E-state index in [1.54, 1.807) is 30.4 Å². The zero-order valence-corrected chi connectivity index (χ0v) is 10.3. The predicted molar refractivity (Wildman–Crippen MR) is 66.9 cm³/mol. The summed E-state index contributed by atoms with van der Waals surface area (Å²) in [5.74, 6) is 1.13. The number of ether oxygens (including phenoxy) is 1. The van der Waals surface area contributed by atoms with Crippen LogP contribution in [0.5, 0.6) is 0 Å². The van der Waals surface area contributed by atoms with Crippen molar-refractivity contribution in [3.8, 4) is 0 Å². The van der Waals surface area contributed by atoms with Crippen molar-refractivity contribution in [3.63, 3.8) is 0 Å². The SMILES string of the molecule is C=C(C)OC(=O)N1CC[C@H](Nc2cnccn2)C1. The molecule has 1 N–H and O–H groups in total. The van der Waals surface area contributed by atoms with Gasteiger partial charge in [0, 0.05) is 31.5 Å². The van der Waals surface area contributed by atoms with Gasteiger partial charge in [-0.1, -0.05) is 6.58 Å². The van der Waals surface area contributed by atoms with Crippen LogP contribution >= 0.6 is 0 Å². The molecule has 0 saturated carbocycles. The largest absolute Gasteiger partial charge is 0.416 e. The van der Waals surface area contributed by atoms with Crippen LogP contribution in [0.4, 0.5) is 10.6 Å². The van der Waals surface area contributed by atoms with Crippen molar-refractivity contribution in [1.82, 2.24) is 14.9 Å². The van der Waals surface area contributed by atoms with Gasteiger partial charge in [0.05, 0.1) is 12.0 Å². The molecule has 1 aliphatic heterocycles. The molecule has 6 nitrogen and oxygen atoms in total. The van der Waals surface area contributed by atoms with E-state index in [4.69, 9.17) is 4.74 Å². The number of hydrogen-bond acceptors (Lipinski definition) is 5. The number of carbonyl (C=O) groups excluding carboxylic acids is 1. The first kappa shape index (κ1) is 12.3. The Kier molecular flexibility index (Phi) is 3.76. The fourth-order valence-corrected chi connectivity index (χ4v) is 1.84. The van der Waals surface area contributed by atoms with Crippen molar-refractivity contribution in [2.75, 3.05) is 18.4 Å². The van der Waals surface area contributed by atoms with E-state index in [0.717, 1.165) is 12.2 Å². The summed E-state index contributed by atoms with van der Waals surface area (Å²) in [7, 11) is 0. The van der Waals surface area contributed by atoms with Crippen LogP contribution in [-0.4, -0.2) is 40.1 Å². The normalized spacial score (nSPS) is 18.5. The zero-order valence-electron chi connectivity index (χ0n) is 10.3. The first-order valence-electron chi connectivity index (χ1n) is 5.80.